The molecule has 0 aliphatic heterocycles. The minimum absolute atomic E-state index is 0.163. The molecule has 1 heterocycles. The maximum absolute atomic E-state index is 5.70. The first-order valence-corrected chi connectivity index (χ1v) is 7.12. The average molecular weight is 273 g/mol. The summed E-state index contributed by atoms with van der Waals surface area (Å²) in [7, 11) is 0. The maximum atomic E-state index is 5.70. The topological polar surface area (TPSA) is 68.8 Å². The quantitative estimate of drug-likeness (QED) is 0.594. The van der Waals surface area contributed by atoms with Gasteiger partial charge in [0.1, 0.15) is 12.2 Å². The van der Waals surface area contributed by atoms with Crippen LogP contribution in [0.1, 0.15) is 30.3 Å². The Bertz CT molecular complexity index is 535. The molecule has 1 aromatic carbocycles. The van der Waals surface area contributed by atoms with E-state index in [0.717, 1.165) is 31.6 Å². The van der Waals surface area contributed by atoms with Gasteiger partial charge in [0.05, 0.1) is 0 Å². The van der Waals surface area contributed by atoms with Gasteiger partial charge < -0.3 is 0 Å². The highest BCUT2D eigenvalue weighted by atomic mass is 15.3. The highest BCUT2D eigenvalue weighted by molar-refractivity contribution is 5.26. The second-order valence-electron chi connectivity index (χ2n) is 5.10. The molecule has 0 aliphatic rings. The smallest absolute Gasteiger partial charge is 0.138 e. The summed E-state index contributed by atoms with van der Waals surface area (Å²) in [5.74, 6) is 6.69. The van der Waals surface area contributed by atoms with Crippen LogP contribution in [0.4, 0.5) is 0 Å². The summed E-state index contributed by atoms with van der Waals surface area (Å²) in [5, 5.41) is 4.25. The summed E-state index contributed by atoms with van der Waals surface area (Å²) in [5.41, 5.74) is 5.52. The zero-order valence-corrected chi connectivity index (χ0v) is 12.2. The molecular formula is C15H23N5. The highest BCUT2D eigenvalue weighted by Gasteiger charge is 2.14. The number of rotatable bonds is 7. The Balaban J connectivity index is 2.05. The number of hydrazine groups is 1. The Morgan fingerprint density at radius 1 is 1.30 bits per heavy atom. The normalized spacial score (nSPS) is 12.6. The Hall–Kier alpha value is -1.72. The summed E-state index contributed by atoms with van der Waals surface area (Å²) < 4.78 is 1.96. The molecule has 0 fully saturated rings. The standard InChI is InChI=1S/C15H23N5/c1-3-8-20-15(17-11-18-20)10-14(19-16)9-13-7-5-4-6-12(13)2/h4-7,11,14,19H,3,8-10,16H2,1-2H3. The summed E-state index contributed by atoms with van der Waals surface area (Å²) in [6.07, 6.45) is 4.34. The molecule has 1 aromatic heterocycles. The number of aryl methyl sites for hydroxylation is 2. The molecule has 0 spiro atoms. The lowest BCUT2D eigenvalue weighted by Crippen LogP contribution is -2.39. The molecular weight excluding hydrogens is 250 g/mol. The molecule has 0 saturated carbocycles. The Kier molecular flexibility index (Phi) is 5.26. The number of hydrogen-bond acceptors (Lipinski definition) is 4. The van der Waals surface area contributed by atoms with Gasteiger partial charge in [-0.3, -0.25) is 16.0 Å². The van der Waals surface area contributed by atoms with Gasteiger partial charge in [0.2, 0.25) is 0 Å². The van der Waals surface area contributed by atoms with Crippen molar-refractivity contribution in [1.82, 2.24) is 20.2 Å². The third kappa shape index (κ3) is 3.65. The van der Waals surface area contributed by atoms with E-state index in [4.69, 9.17) is 5.84 Å². The third-order valence-corrected chi connectivity index (χ3v) is 3.52. The number of aromatic nitrogens is 3. The van der Waals surface area contributed by atoms with Crippen LogP contribution in [-0.2, 0) is 19.4 Å². The largest absolute Gasteiger partial charge is 0.271 e. The summed E-state index contributed by atoms with van der Waals surface area (Å²) in [4.78, 5) is 4.34. The van der Waals surface area contributed by atoms with Gasteiger partial charge in [-0.25, -0.2) is 4.98 Å². The maximum Gasteiger partial charge on any atom is 0.138 e. The number of hydrogen-bond donors (Lipinski definition) is 2. The van der Waals surface area contributed by atoms with Crippen molar-refractivity contribution in [3.63, 3.8) is 0 Å². The Labute approximate surface area is 120 Å². The molecule has 20 heavy (non-hydrogen) atoms. The van der Waals surface area contributed by atoms with Gasteiger partial charge in [-0.15, -0.1) is 0 Å². The molecule has 1 atom stereocenters. The van der Waals surface area contributed by atoms with Gasteiger partial charge in [-0.2, -0.15) is 5.10 Å². The van der Waals surface area contributed by atoms with E-state index in [-0.39, 0.29) is 6.04 Å². The van der Waals surface area contributed by atoms with Crippen molar-refractivity contribution in [3.8, 4) is 0 Å². The van der Waals surface area contributed by atoms with Crippen molar-refractivity contribution in [3.05, 3.63) is 47.5 Å². The van der Waals surface area contributed by atoms with E-state index in [1.54, 1.807) is 6.33 Å². The first-order chi connectivity index (χ1) is 9.74. The van der Waals surface area contributed by atoms with Crippen molar-refractivity contribution in [1.29, 1.82) is 0 Å². The van der Waals surface area contributed by atoms with Crippen LogP contribution in [0.2, 0.25) is 0 Å². The molecule has 108 valence electrons. The molecule has 5 heteroatoms. The van der Waals surface area contributed by atoms with Crippen molar-refractivity contribution < 1.29 is 0 Å². The van der Waals surface area contributed by atoms with Crippen LogP contribution >= 0.6 is 0 Å². The van der Waals surface area contributed by atoms with Crippen molar-refractivity contribution in [2.45, 2.75) is 45.7 Å². The van der Waals surface area contributed by atoms with Crippen LogP contribution in [0.15, 0.2) is 30.6 Å². The fourth-order valence-corrected chi connectivity index (χ4v) is 2.36. The lowest BCUT2D eigenvalue weighted by atomic mass is 9.99. The first-order valence-electron chi connectivity index (χ1n) is 7.12. The molecule has 0 bridgehead atoms. The fraction of sp³-hybridized carbons (Fsp3) is 0.467. The summed E-state index contributed by atoms with van der Waals surface area (Å²) >= 11 is 0. The number of nitrogens with two attached hydrogens (primary N) is 1. The molecule has 3 N–H and O–H groups in total. The van der Waals surface area contributed by atoms with Gasteiger partial charge in [0.15, 0.2) is 0 Å². The van der Waals surface area contributed by atoms with Crippen LogP contribution in [0, 0.1) is 6.92 Å². The SMILES string of the molecule is CCCn1ncnc1CC(Cc1ccccc1C)NN. The molecule has 2 aromatic rings. The minimum atomic E-state index is 0.163. The molecule has 0 radical (unpaired) electrons. The van der Waals surface area contributed by atoms with Crippen LogP contribution < -0.4 is 11.3 Å². The van der Waals surface area contributed by atoms with Gasteiger partial charge in [0, 0.05) is 19.0 Å². The van der Waals surface area contributed by atoms with Gasteiger partial charge in [0.25, 0.3) is 0 Å². The Morgan fingerprint density at radius 3 is 2.80 bits per heavy atom. The van der Waals surface area contributed by atoms with Crippen molar-refractivity contribution in [2.24, 2.45) is 5.84 Å². The first kappa shape index (κ1) is 14.7. The fourth-order valence-electron chi connectivity index (χ4n) is 2.36. The highest BCUT2D eigenvalue weighted by Crippen LogP contribution is 2.12. The lowest BCUT2D eigenvalue weighted by Gasteiger charge is -2.17. The van der Waals surface area contributed by atoms with E-state index < -0.39 is 0 Å². The second-order valence-corrected chi connectivity index (χ2v) is 5.10. The van der Waals surface area contributed by atoms with Crippen LogP contribution in [-0.4, -0.2) is 20.8 Å². The summed E-state index contributed by atoms with van der Waals surface area (Å²) in [6.45, 7) is 5.16. The zero-order chi connectivity index (χ0) is 14.4. The van der Waals surface area contributed by atoms with Crippen molar-refractivity contribution in [2.75, 3.05) is 0 Å². The monoisotopic (exact) mass is 273 g/mol. The molecule has 2 rings (SSSR count). The number of benzene rings is 1. The van der Waals surface area contributed by atoms with E-state index in [1.807, 2.05) is 4.68 Å². The predicted octanol–water partition coefficient (Wildman–Crippen LogP) is 1.61. The van der Waals surface area contributed by atoms with Gasteiger partial charge in [-0.05, 0) is 30.9 Å². The minimum Gasteiger partial charge on any atom is -0.271 e. The van der Waals surface area contributed by atoms with E-state index >= 15 is 0 Å². The molecule has 5 nitrogen and oxygen atoms in total. The number of nitrogens with one attached hydrogen (secondary N) is 1. The predicted molar refractivity (Wildman–Crippen MR) is 80.0 cm³/mol. The van der Waals surface area contributed by atoms with E-state index in [2.05, 4.69) is 53.6 Å². The molecule has 0 amide bonds. The Morgan fingerprint density at radius 2 is 2.10 bits per heavy atom. The third-order valence-electron chi connectivity index (χ3n) is 3.52. The summed E-state index contributed by atoms with van der Waals surface area (Å²) in [6, 6.07) is 8.56. The van der Waals surface area contributed by atoms with E-state index in [9.17, 15) is 0 Å². The van der Waals surface area contributed by atoms with Crippen LogP contribution in [0.25, 0.3) is 0 Å². The zero-order valence-electron chi connectivity index (χ0n) is 12.2. The number of nitrogens with zero attached hydrogens (tertiary/aromatic N) is 3. The second kappa shape index (κ2) is 7.17. The van der Waals surface area contributed by atoms with Gasteiger partial charge in [-0.1, -0.05) is 31.2 Å². The van der Waals surface area contributed by atoms with Crippen LogP contribution in [0.5, 0.6) is 0 Å². The average Bonchev–Trinajstić information content (AvgIpc) is 2.88. The van der Waals surface area contributed by atoms with E-state index in [0.29, 0.717) is 0 Å². The van der Waals surface area contributed by atoms with Crippen molar-refractivity contribution >= 4 is 0 Å². The molecule has 0 aliphatic carbocycles. The van der Waals surface area contributed by atoms with E-state index in [1.165, 1.54) is 11.1 Å². The van der Waals surface area contributed by atoms with Crippen LogP contribution in [0.3, 0.4) is 0 Å². The lowest BCUT2D eigenvalue weighted by molar-refractivity contribution is 0.481. The van der Waals surface area contributed by atoms with Gasteiger partial charge >= 0.3 is 0 Å². The molecule has 1 unspecified atom stereocenters. The molecule has 0 saturated heterocycles.